The first-order valence-electron chi connectivity index (χ1n) is 12.0. The molecule has 1 aromatic heterocycles. The number of aromatic nitrogens is 1. The molecule has 2 N–H and O–H groups in total. The number of nitrogen functional groups attached to an aromatic ring is 1. The smallest absolute Gasteiger partial charge is 0.399 e. The van der Waals surface area contributed by atoms with Crippen molar-refractivity contribution in [3.8, 4) is 11.1 Å². The molecular formula is C28H21F6N3O2S. The summed E-state index contributed by atoms with van der Waals surface area (Å²) in [5.74, 6) is -0.264. The number of nitrogens with two attached hydrogens (primary N) is 1. The maximum Gasteiger partial charge on any atom is 0.416 e. The molecule has 0 bridgehead atoms. The lowest BCUT2D eigenvalue weighted by Crippen LogP contribution is -2.36. The van der Waals surface area contributed by atoms with Gasteiger partial charge in [-0.05, 0) is 47.5 Å². The quantitative estimate of drug-likeness (QED) is 0.218. The fourth-order valence-corrected chi connectivity index (χ4v) is 5.92. The number of pyridine rings is 1. The van der Waals surface area contributed by atoms with Crippen LogP contribution >= 0.6 is 11.8 Å². The predicted octanol–water partition coefficient (Wildman–Crippen LogP) is 6.67. The van der Waals surface area contributed by atoms with E-state index in [4.69, 9.17) is 5.73 Å². The molecule has 1 aliphatic rings. The molecule has 0 atom stereocenters. The molecule has 1 amide bonds. The van der Waals surface area contributed by atoms with Crippen LogP contribution in [0.4, 0.5) is 32.0 Å². The summed E-state index contributed by atoms with van der Waals surface area (Å²) in [6.45, 7) is -0.281. The van der Waals surface area contributed by atoms with Crippen molar-refractivity contribution in [1.82, 2.24) is 9.47 Å². The maximum atomic E-state index is 13.9. The van der Waals surface area contributed by atoms with Gasteiger partial charge in [0.25, 0.3) is 11.5 Å². The zero-order valence-corrected chi connectivity index (χ0v) is 21.7. The fourth-order valence-electron chi connectivity index (χ4n) is 4.90. The standard InChI is InChI=1S/C28H21F6N3O2S/c1-36(14-15-10-17(27(29,30)31)13-18(11-15)28(32,33)34)25(38)23-22(16-4-2-5-19(35)12-16)20-6-3-7-21-24(20)37(26(23)39)8-9-40-21/h2-7,10-13H,8-9,14,35H2,1H3. The molecule has 208 valence electrons. The van der Waals surface area contributed by atoms with E-state index in [1.807, 2.05) is 6.07 Å². The van der Waals surface area contributed by atoms with Crippen molar-refractivity contribution in [2.75, 3.05) is 18.5 Å². The van der Waals surface area contributed by atoms with E-state index < -0.39 is 41.5 Å². The minimum Gasteiger partial charge on any atom is -0.399 e. The summed E-state index contributed by atoms with van der Waals surface area (Å²) in [4.78, 5) is 29.5. The molecule has 0 unspecified atom stereocenters. The van der Waals surface area contributed by atoms with E-state index in [0.717, 1.165) is 9.80 Å². The number of nitrogens with zero attached hydrogens (tertiary/aromatic N) is 2. The van der Waals surface area contributed by atoms with E-state index in [1.165, 1.54) is 11.6 Å². The minimum absolute atomic E-state index is 0.0271. The average Bonchev–Trinajstić information content (AvgIpc) is 2.89. The summed E-state index contributed by atoms with van der Waals surface area (Å²) in [6.07, 6.45) is -10.1. The Kier molecular flexibility index (Phi) is 6.85. The Hall–Kier alpha value is -3.93. The summed E-state index contributed by atoms with van der Waals surface area (Å²) < 4.78 is 81.8. The van der Waals surface area contributed by atoms with Gasteiger partial charge in [-0.3, -0.25) is 9.59 Å². The monoisotopic (exact) mass is 577 g/mol. The van der Waals surface area contributed by atoms with Gasteiger partial charge in [0.2, 0.25) is 0 Å². The average molecular weight is 578 g/mol. The molecule has 0 radical (unpaired) electrons. The van der Waals surface area contributed by atoms with E-state index in [9.17, 15) is 35.9 Å². The van der Waals surface area contributed by atoms with Crippen LogP contribution < -0.4 is 11.3 Å². The lowest BCUT2D eigenvalue weighted by Gasteiger charge is -2.25. The van der Waals surface area contributed by atoms with Gasteiger partial charge in [-0.1, -0.05) is 24.3 Å². The van der Waals surface area contributed by atoms with Gasteiger partial charge in [-0.25, -0.2) is 0 Å². The van der Waals surface area contributed by atoms with E-state index >= 15 is 0 Å². The second-order valence-electron chi connectivity index (χ2n) is 9.41. The molecule has 3 aromatic carbocycles. The van der Waals surface area contributed by atoms with E-state index in [-0.39, 0.29) is 17.2 Å². The van der Waals surface area contributed by atoms with Crippen LogP contribution in [-0.4, -0.2) is 28.2 Å². The largest absolute Gasteiger partial charge is 0.416 e. The fraction of sp³-hybridized carbons (Fsp3) is 0.214. The van der Waals surface area contributed by atoms with Gasteiger partial charge in [0.1, 0.15) is 5.56 Å². The molecule has 5 rings (SSSR count). The van der Waals surface area contributed by atoms with Crippen LogP contribution in [0.25, 0.3) is 22.0 Å². The Morgan fingerprint density at radius 2 is 1.62 bits per heavy atom. The molecule has 1 aliphatic heterocycles. The molecule has 0 saturated heterocycles. The maximum absolute atomic E-state index is 13.9. The first kappa shape index (κ1) is 27.6. The van der Waals surface area contributed by atoms with Gasteiger partial charge in [0.15, 0.2) is 0 Å². The van der Waals surface area contributed by atoms with Gasteiger partial charge < -0.3 is 15.2 Å². The number of carbonyl (C=O) groups excluding carboxylic acids is 1. The number of hydrogen-bond donors (Lipinski definition) is 1. The van der Waals surface area contributed by atoms with Crippen molar-refractivity contribution < 1.29 is 31.1 Å². The SMILES string of the molecule is CN(Cc1cc(C(F)(F)F)cc(C(F)(F)F)c1)C(=O)c1c(-c2cccc(N)c2)c2cccc3c2n(c1=O)CCS3. The first-order valence-corrected chi connectivity index (χ1v) is 13.0. The van der Waals surface area contributed by atoms with Crippen LogP contribution in [0.5, 0.6) is 0 Å². The van der Waals surface area contributed by atoms with Gasteiger partial charge in [0.05, 0.1) is 16.6 Å². The summed E-state index contributed by atoms with van der Waals surface area (Å²) in [5.41, 5.74) is 3.59. The molecule has 5 nitrogen and oxygen atoms in total. The van der Waals surface area contributed by atoms with E-state index in [1.54, 1.807) is 48.2 Å². The van der Waals surface area contributed by atoms with Crippen LogP contribution in [0, 0.1) is 0 Å². The van der Waals surface area contributed by atoms with Crippen LogP contribution in [0.3, 0.4) is 0 Å². The van der Waals surface area contributed by atoms with Crippen molar-refractivity contribution in [1.29, 1.82) is 0 Å². The second kappa shape index (κ2) is 9.92. The number of anilines is 1. The number of hydrogen-bond acceptors (Lipinski definition) is 4. The number of para-hydroxylation sites is 1. The zero-order chi connectivity index (χ0) is 29.0. The van der Waals surface area contributed by atoms with Gasteiger partial charge >= 0.3 is 12.4 Å². The third kappa shape index (κ3) is 5.03. The first-order chi connectivity index (χ1) is 18.8. The molecule has 0 fully saturated rings. The normalized spacial score (nSPS) is 13.5. The Morgan fingerprint density at radius 1 is 0.975 bits per heavy atom. The highest BCUT2D eigenvalue weighted by molar-refractivity contribution is 7.99. The number of halogens is 6. The second-order valence-corrected chi connectivity index (χ2v) is 10.5. The van der Waals surface area contributed by atoms with Crippen LogP contribution in [0.1, 0.15) is 27.0 Å². The van der Waals surface area contributed by atoms with Gasteiger partial charge in [-0.15, -0.1) is 11.8 Å². The molecule has 4 aromatic rings. The predicted molar refractivity (Wildman–Crippen MR) is 141 cm³/mol. The third-order valence-electron chi connectivity index (χ3n) is 6.62. The van der Waals surface area contributed by atoms with Crippen molar-refractivity contribution in [2.24, 2.45) is 0 Å². The molecule has 0 aliphatic carbocycles. The number of alkyl halides is 6. The Morgan fingerprint density at radius 3 is 2.25 bits per heavy atom. The number of thioether (sulfide) groups is 1. The van der Waals surface area contributed by atoms with Crippen molar-refractivity contribution in [2.45, 2.75) is 30.3 Å². The summed E-state index contributed by atoms with van der Waals surface area (Å²) in [6, 6.07) is 13.2. The summed E-state index contributed by atoms with van der Waals surface area (Å²) >= 11 is 1.56. The van der Waals surface area contributed by atoms with E-state index in [2.05, 4.69) is 0 Å². The Balaban J connectivity index is 1.67. The summed E-state index contributed by atoms with van der Waals surface area (Å²) in [7, 11) is 1.23. The van der Waals surface area contributed by atoms with Crippen molar-refractivity contribution in [3.63, 3.8) is 0 Å². The molecule has 2 heterocycles. The van der Waals surface area contributed by atoms with Crippen molar-refractivity contribution in [3.05, 3.63) is 93.3 Å². The molecule has 12 heteroatoms. The van der Waals surface area contributed by atoms with Gasteiger partial charge in [-0.2, -0.15) is 26.3 Å². The molecule has 0 spiro atoms. The molecule has 40 heavy (non-hydrogen) atoms. The Labute approximate surface area is 228 Å². The third-order valence-corrected chi connectivity index (χ3v) is 7.65. The zero-order valence-electron chi connectivity index (χ0n) is 20.9. The van der Waals surface area contributed by atoms with Crippen LogP contribution in [-0.2, 0) is 25.4 Å². The highest BCUT2D eigenvalue weighted by atomic mass is 32.2. The van der Waals surface area contributed by atoms with Gasteiger partial charge in [0, 0.05) is 47.4 Å². The van der Waals surface area contributed by atoms with Crippen LogP contribution in [0.15, 0.2) is 70.4 Å². The number of aryl methyl sites for hydroxylation is 1. The minimum atomic E-state index is -5.03. The Bertz CT molecular complexity index is 1680. The number of amides is 1. The molecule has 0 saturated carbocycles. The number of carbonyl (C=O) groups is 1. The summed E-state index contributed by atoms with van der Waals surface area (Å²) in [5, 5.41) is 0.602. The number of rotatable bonds is 4. The lowest BCUT2D eigenvalue weighted by molar-refractivity contribution is -0.143. The topological polar surface area (TPSA) is 68.3 Å². The highest BCUT2D eigenvalue weighted by Gasteiger charge is 2.37. The van der Waals surface area contributed by atoms with Crippen molar-refractivity contribution >= 4 is 34.3 Å². The lowest BCUT2D eigenvalue weighted by atomic mass is 9.94. The number of benzene rings is 3. The molecular weight excluding hydrogens is 556 g/mol. The van der Waals surface area contributed by atoms with Crippen LogP contribution in [0.2, 0.25) is 0 Å². The van der Waals surface area contributed by atoms with E-state index in [0.29, 0.717) is 52.1 Å². The highest BCUT2D eigenvalue weighted by Crippen LogP contribution is 2.39.